The van der Waals surface area contributed by atoms with E-state index in [9.17, 15) is 0 Å². The van der Waals surface area contributed by atoms with Crippen molar-refractivity contribution in [2.75, 3.05) is 13.1 Å². The van der Waals surface area contributed by atoms with Crippen molar-refractivity contribution in [2.24, 2.45) is 17.6 Å². The van der Waals surface area contributed by atoms with Crippen molar-refractivity contribution in [3.63, 3.8) is 0 Å². The van der Waals surface area contributed by atoms with Crippen LogP contribution in [0.5, 0.6) is 0 Å². The van der Waals surface area contributed by atoms with Crippen LogP contribution < -0.4 is 5.73 Å². The van der Waals surface area contributed by atoms with Gasteiger partial charge in [0, 0.05) is 18.6 Å². The Labute approximate surface area is 131 Å². The molecule has 0 aromatic heterocycles. The highest BCUT2D eigenvalue weighted by atomic mass is 15.2. The fourth-order valence-corrected chi connectivity index (χ4v) is 3.28. The summed E-state index contributed by atoms with van der Waals surface area (Å²) in [6, 6.07) is 11.0. The van der Waals surface area contributed by atoms with Crippen molar-refractivity contribution < 1.29 is 0 Å². The van der Waals surface area contributed by atoms with Crippen molar-refractivity contribution in [3.05, 3.63) is 35.9 Å². The van der Waals surface area contributed by atoms with Crippen LogP contribution in [-0.4, -0.2) is 24.0 Å². The maximum Gasteiger partial charge on any atom is 0.0455 e. The summed E-state index contributed by atoms with van der Waals surface area (Å²) in [6.45, 7) is 13.7. The number of nitrogens with two attached hydrogens (primary N) is 1. The number of likely N-dealkylation sites (N-methyl/N-ethyl adjacent to an activating group) is 1. The lowest BCUT2D eigenvalue weighted by Crippen LogP contribution is -2.47. The lowest BCUT2D eigenvalue weighted by Gasteiger charge is -2.39. The lowest BCUT2D eigenvalue weighted by molar-refractivity contribution is 0.113. The molecule has 0 saturated heterocycles. The van der Waals surface area contributed by atoms with Crippen LogP contribution in [0.15, 0.2) is 30.3 Å². The van der Waals surface area contributed by atoms with Gasteiger partial charge in [0.2, 0.25) is 0 Å². The predicted octanol–water partition coefficient (Wildman–Crippen LogP) is 4.47. The molecule has 2 N–H and O–H groups in total. The second-order valence-corrected chi connectivity index (χ2v) is 6.44. The van der Waals surface area contributed by atoms with Crippen LogP contribution in [0.3, 0.4) is 0 Å². The van der Waals surface area contributed by atoms with Crippen molar-refractivity contribution in [1.29, 1.82) is 0 Å². The van der Waals surface area contributed by atoms with Crippen LogP contribution in [0.1, 0.15) is 59.1 Å². The first-order valence-electron chi connectivity index (χ1n) is 8.59. The maximum absolute atomic E-state index is 6.63. The molecule has 0 fully saturated rings. The molecule has 2 atom stereocenters. The van der Waals surface area contributed by atoms with Crippen LogP contribution in [0.2, 0.25) is 0 Å². The van der Waals surface area contributed by atoms with Gasteiger partial charge in [-0.3, -0.25) is 4.90 Å². The molecule has 2 unspecified atom stereocenters. The highest BCUT2D eigenvalue weighted by Gasteiger charge is 2.29. The summed E-state index contributed by atoms with van der Waals surface area (Å²) in [4.78, 5) is 2.60. The second kappa shape index (κ2) is 9.22. The zero-order chi connectivity index (χ0) is 15.8. The zero-order valence-electron chi connectivity index (χ0n) is 14.5. The minimum absolute atomic E-state index is 0.0838. The summed E-state index contributed by atoms with van der Waals surface area (Å²) in [5, 5.41) is 0. The van der Waals surface area contributed by atoms with E-state index in [1.165, 1.54) is 18.4 Å². The highest BCUT2D eigenvalue weighted by Crippen LogP contribution is 2.26. The Morgan fingerprint density at radius 3 is 2.00 bits per heavy atom. The van der Waals surface area contributed by atoms with Gasteiger partial charge in [-0.15, -0.1) is 0 Å². The predicted molar refractivity (Wildman–Crippen MR) is 93.3 cm³/mol. The topological polar surface area (TPSA) is 29.3 Å². The Hall–Kier alpha value is -0.860. The van der Waals surface area contributed by atoms with Gasteiger partial charge in [0.05, 0.1) is 0 Å². The standard InChI is InChI=1S/C19H34N2/c1-6-16(7-2)14-21(8-3)19(15(4)5)18(20)17-12-10-9-11-13-17/h9-13,15-16,18-19H,6-8,14,20H2,1-5H3. The van der Waals surface area contributed by atoms with E-state index in [1.54, 1.807) is 0 Å². The molecule has 0 aliphatic rings. The van der Waals surface area contributed by atoms with Crippen LogP contribution in [0.25, 0.3) is 0 Å². The number of rotatable bonds is 9. The molecule has 0 bridgehead atoms. The Morgan fingerprint density at radius 2 is 1.57 bits per heavy atom. The molecule has 0 aliphatic carbocycles. The van der Waals surface area contributed by atoms with Crippen molar-refractivity contribution in [1.82, 2.24) is 4.90 Å². The average Bonchev–Trinajstić information content (AvgIpc) is 2.51. The Bertz CT molecular complexity index is 370. The molecule has 120 valence electrons. The van der Waals surface area contributed by atoms with E-state index in [4.69, 9.17) is 5.73 Å². The SMILES string of the molecule is CCC(CC)CN(CC)C(C(C)C)C(N)c1ccccc1. The minimum Gasteiger partial charge on any atom is -0.323 e. The normalized spacial score (nSPS) is 14.9. The molecule has 2 heteroatoms. The minimum atomic E-state index is 0.0838. The molecule has 0 saturated carbocycles. The van der Waals surface area contributed by atoms with Gasteiger partial charge in [-0.05, 0) is 23.9 Å². The summed E-state index contributed by atoms with van der Waals surface area (Å²) >= 11 is 0. The molecular formula is C19H34N2. The summed E-state index contributed by atoms with van der Waals surface area (Å²) in [6.07, 6.45) is 2.50. The van der Waals surface area contributed by atoms with Crippen LogP contribution >= 0.6 is 0 Å². The molecule has 0 heterocycles. The Balaban J connectivity index is 2.92. The van der Waals surface area contributed by atoms with Crippen LogP contribution in [0, 0.1) is 11.8 Å². The lowest BCUT2D eigenvalue weighted by atomic mass is 9.89. The third kappa shape index (κ3) is 5.12. The zero-order valence-corrected chi connectivity index (χ0v) is 14.5. The summed E-state index contributed by atoms with van der Waals surface area (Å²) in [5.41, 5.74) is 7.88. The third-order valence-electron chi connectivity index (χ3n) is 4.71. The van der Waals surface area contributed by atoms with Crippen LogP contribution in [0.4, 0.5) is 0 Å². The number of nitrogens with zero attached hydrogens (tertiary/aromatic N) is 1. The van der Waals surface area contributed by atoms with E-state index in [0.717, 1.165) is 19.0 Å². The molecule has 2 nitrogen and oxygen atoms in total. The summed E-state index contributed by atoms with van der Waals surface area (Å²) in [7, 11) is 0. The fraction of sp³-hybridized carbons (Fsp3) is 0.684. The first-order chi connectivity index (χ1) is 10.0. The fourth-order valence-electron chi connectivity index (χ4n) is 3.28. The Morgan fingerprint density at radius 1 is 1.00 bits per heavy atom. The molecule has 1 aromatic carbocycles. The van der Waals surface area contributed by atoms with Gasteiger partial charge >= 0.3 is 0 Å². The quantitative estimate of drug-likeness (QED) is 0.727. The van der Waals surface area contributed by atoms with Crippen LogP contribution in [-0.2, 0) is 0 Å². The second-order valence-electron chi connectivity index (χ2n) is 6.44. The molecular weight excluding hydrogens is 256 g/mol. The van der Waals surface area contributed by atoms with E-state index in [0.29, 0.717) is 12.0 Å². The monoisotopic (exact) mass is 290 g/mol. The molecule has 0 radical (unpaired) electrons. The maximum atomic E-state index is 6.63. The molecule has 1 aromatic rings. The number of hydrogen-bond acceptors (Lipinski definition) is 2. The average molecular weight is 290 g/mol. The van der Waals surface area contributed by atoms with Gasteiger partial charge in [0.25, 0.3) is 0 Å². The van der Waals surface area contributed by atoms with Gasteiger partial charge < -0.3 is 5.73 Å². The number of hydrogen-bond donors (Lipinski definition) is 1. The van der Waals surface area contributed by atoms with E-state index in [1.807, 2.05) is 0 Å². The Kier molecular flexibility index (Phi) is 7.98. The first kappa shape index (κ1) is 18.2. The van der Waals surface area contributed by atoms with E-state index in [2.05, 4.69) is 69.9 Å². The molecule has 21 heavy (non-hydrogen) atoms. The van der Waals surface area contributed by atoms with Crippen molar-refractivity contribution in [2.45, 2.75) is 59.5 Å². The van der Waals surface area contributed by atoms with Crippen molar-refractivity contribution >= 4 is 0 Å². The van der Waals surface area contributed by atoms with Gasteiger partial charge in [0.1, 0.15) is 0 Å². The smallest absolute Gasteiger partial charge is 0.0455 e. The molecule has 0 aliphatic heterocycles. The summed E-state index contributed by atoms with van der Waals surface area (Å²) in [5.74, 6) is 1.32. The van der Waals surface area contributed by atoms with E-state index < -0.39 is 0 Å². The van der Waals surface area contributed by atoms with Crippen molar-refractivity contribution in [3.8, 4) is 0 Å². The number of benzene rings is 1. The van der Waals surface area contributed by atoms with Gasteiger partial charge in [0.15, 0.2) is 0 Å². The van der Waals surface area contributed by atoms with Gasteiger partial charge in [-0.2, -0.15) is 0 Å². The van der Waals surface area contributed by atoms with Gasteiger partial charge in [-0.25, -0.2) is 0 Å². The van der Waals surface area contributed by atoms with E-state index >= 15 is 0 Å². The van der Waals surface area contributed by atoms with Gasteiger partial charge in [-0.1, -0.05) is 77.8 Å². The molecule has 1 rings (SSSR count). The summed E-state index contributed by atoms with van der Waals surface area (Å²) < 4.78 is 0. The highest BCUT2D eigenvalue weighted by molar-refractivity contribution is 5.20. The third-order valence-corrected chi connectivity index (χ3v) is 4.71. The molecule has 0 amide bonds. The van der Waals surface area contributed by atoms with E-state index in [-0.39, 0.29) is 6.04 Å². The largest absolute Gasteiger partial charge is 0.323 e. The first-order valence-corrected chi connectivity index (χ1v) is 8.59. The molecule has 0 spiro atoms.